The monoisotopic (exact) mass is 287 g/mol. The van der Waals surface area contributed by atoms with Crippen LogP contribution in [-0.4, -0.2) is 0 Å². The molecule has 1 aliphatic rings. The summed E-state index contributed by atoms with van der Waals surface area (Å²) in [6.45, 7) is 0. The van der Waals surface area contributed by atoms with E-state index in [-0.39, 0.29) is 12.3 Å². The fourth-order valence-corrected chi connectivity index (χ4v) is 2.98. The minimum absolute atomic E-state index is 0.186. The van der Waals surface area contributed by atoms with E-state index in [9.17, 15) is 13.2 Å². The largest absolute Gasteiger partial charge is 0.416 e. The van der Waals surface area contributed by atoms with Crippen LogP contribution in [0.25, 0.3) is 0 Å². The van der Waals surface area contributed by atoms with E-state index in [0.29, 0.717) is 12.0 Å². The Balaban J connectivity index is 2.15. The third-order valence-corrected chi connectivity index (χ3v) is 3.96. The summed E-state index contributed by atoms with van der Waals surface area (Å²) in [5.41, 5.74) is 2.91. The van der Waals surface area contributed by atoms with E-state index in [1.165, 1.54) is 6.07 Å². The Hall–Kier alpha value is -2.28. The smallest absolute Gasteiger partial charge is 0.198 e. The summed E-state index contributed by atoms with van der Waals surface area (Å²) in [6.07, 6.45) is -3.56. The van der Waals surface area contributed by atoms with E-state index in [1.807, 2.05) is 24.3 Å². The lowest BCUT2D eigenvalue weighted by Crippen LogP contribution is -2.15. The van der Waals surface area contributed by atoms with Crippen LogP contribution < -0.4 is 0 Å². The van der Waals surface area contributed by atoms with Crippen LogP contribution in [0.2, 0.25) is 0 Å². The predicted molar refractivity (Wildman–Crippen MR) is 72.8 cm³/mol. The highest BCUT2D eigenvalue weighted by molar-refractivity contribution is 5.51. The molecule has 1 atom stereocenters. The van der Waals surface area contributed by atoms with Gasteiger partial charge in [-0.3, -0.25) is 0 Å². The lowest BCUT2D eigenvalue weighted by molar-refractivity contribution is -0.137. The first kappa shape index (κ1) is 13.7. The summed E-state index contributed by atoms with van der Waals surface area (Å²) in [7, 11) is 0. The average Bonchev–Trinajstić information content (AvgIpc) is 2.45. The number of nitrogens with zero attached hydrogens (tertiary/aromatic N) is 1. The Morgan fingerprint density at radius 1 is 1.05 bits per heavy atom. The fourth-order valence-electron chi connectivity index (χ4n) is 2.98. The van der Waals surface area contributed by atoms with Crippen LogP contribution in [0, 0.1) is 11.3 Å². The van der Waals surface area contributed by atoms with E-state index in [4.69, 9.17) is 5.26 Å². The molecule has 0 fully saturated rings. The van der Waals surface area contributed by atoms with Crippen LogP contribution in [0.1, 0.15) is 40.2 Å². The van der Waals surface area contributed by atoms with Crippen molar-refractivity contribution in [1.82, 2.24) is 0 Å². The molecule has 0 spiro atoms. The highest BCUT2D eigenvalue weighted by Crippen LogP contribution is 2.41. The van der Waals surface area contributed by atoms with E-state index in [0.717, 1.165) is 22.8 Å². The zero-order chi connectivity index (χ0) is 15.0. The van der Waals surface area contributed by atoms with Gasteiger partial charge in [-0.25, -0.2) is 0 Å². The van der Waals surface area contributed by atoms with Crippen molar-refractivity contribution in [1.29, 1.82) is 5.26 Å². The quantitative estimate of drug-likeness (QED) is 0.748. The van der Waals surface area contributed by atoms with E-state index in [2.05, 4.69) is 6.07 Å². The summed E-state index contributed by atoms with van der Waals surface area (Å²) >= 11 is 0. The molecule has 21 heavy (non-hydrogen) atoms. The van der Waals surface area contributed by atoms with Gasteiger partial charge in [0.15, 0.2) is 0 Å². The summed E-state index contributed by atoms with van der Waals surface area (Å²) < 4.78 is 38.7. The zero-order valence-corrected chi connectivity index (χ0v) is 11.1. The molecule has 0 amide bonds. The number of alkyl halides is 3. The molecule has 0 aromatic heterocycles. The summed E-state index contributed by atoms with van der Waals surface area (Å²) in [4.78, 5) is 0. The van der Waals surface area contributed by atoms with Gasteiger partial charge in [-0.05, 0) is 40.8 Å². The first-order valence-corrected chi connectivity index (χ1v) is 6.65. The van der Waals surface area contributed by atoms with E-state index < -0.39 is 11.7 Å². The molecule has 0 saturated carbocycles. The Bertz CT molecular complexity index is 726. The molecule has 3 rings (SSSR count). The lowest BCUT2D eigenvalue weighted by atomic mass is 9.76. The third-order valence-electron chi connectivity index (χ3n) is 3.96. The van der Waals surface area contributed by atoms with Crippen LogP contribution in [0.4, 0.5) is 13.2 Å². The molecule has 0 aliphatic heterocycles. The maximum absolute atomic E-state index is 12.9. The Kier molecular flexibility index (Phi) is 3.21. The van der Waals surface area contributed by atoms with Crippen molar-refractivity contribution in [2.45, 2.75) is 24.9 Å². The minimum Gasteiger partial charge on any atom is -0.198 e. The summed E-state index contributed by atoms with van der Waals surface area (Å²) in [6, 6.07) is 13.6. The van der Waals surface area contributed by atoms with Crippen LogP contribution in [0.15, 0.2) is 42.5 Å². The van der Waals surface area contributed by atoms with Gasteiger partial charge in [0.2, 0.25) is 0 Å². The topological polar surface area (TPSA) is 23.8 Å². The van der Waals surface area contributed by atoms with E-state index in [1.54, 1.807) is 6.07 Å². The van der Waals surface area contributed by atoms with Crippen molar-refractivity contribution >= 4 is 0 Å². The Morgan fingerprint density at radius 3 is 2.48 bits per heavy atom. The van der Waals surface area contributed by atoms with Gasteiger partial charge in [0, 0.05) is 12.3 Å². The molecule has 0 radical (unpaired) electrons. The molecular formula is C17H12F3N. The van der Waals surface area contributed by atoms with Crippen LogP contribution in [0.5, 0.6) is 0 Å². The second-order valence-electron chi connectivity index (χ2n) is 5.20. The predicted octanol–water partition coefficient (Wildman–Crippen LogP) is 4.66. The van der Waals surface area contributed by atoms with Gasteiger partial charge < -0.3 is 0 Å². The van der Waals surface area contributed by atoms with Crippen molar-refractivity contribution in [3.05, 3.63) is 70.3 Å². The Morgan fingerprint density at radius 2 is 1.76 bits per heavy atom. The van der Waals surface area contributed by atoms with Gasteiger partial charge in [0.25, 0.3) is 0 Å². The first-order chi connectivity index (χ1) is 10.0. The maximum atomic E-state index is 12.9. The van der Waals surface area contributed by atoms with Crippen LogP contribution >= 0.6 is 0 Å². The highest BCUT2D eigenvalue weighted by atomic mass is 19.4. The number of nitriles is 1. The minimum atomic E-state index is -4.36. The lowest BCUT2D eigenvalue weighted by Gasteiger charge is -2.27. The van der Waals surface area contributed by atoms with Gasteiger partial charge in [-0.2, -0.15) is 18.4 Å². The van der Waals surface area contributed by atoms with Crippen LogP contribution in [0.3, 0.4) is 0 Å². The molecule has 0 unspecified atom stereocenters. The molecule has 0 N–H and O–H groups in total. The molecular weight excluding hydrogens is 275 g/mol. The molecule has 1 nitrogen and oxygen atoms in total. The number of rotatable bonds is 1. The highest BCUT2D eigenvalue weighted by Gasteiger charge is 2.33. The van der Waals surface area contributed by atoms with Crippen molar-refractivity contribution in [3.8, 4) is 6.07 Å². The number of benzene rings is 2. The fraction of sp³-hybridized carbons (Fsp3) is 0.235. The Labute approximate surface area is 120 Å². The second-order valence-corrected chi connectivity index (χ2v) is 5.20. The molecule has 2 aromatic carbocycles. The number of hydrogen-bond acceptors (Lipinski definition) is 1. The summed E-state index contributed by atoms with van der Waals surface area (Å²) in [5.74, 6) is -0.280. The number of hydrogen-bond donors (Lipinski definition) is 0. The van der Waals surface area contributed by atoms with Crippen molar-refractivity contribution in [2.24, 2.45) is 0 Å². The molecule has 4 heteroatoms. The number of fused-ring (bicyclic) bond motifs is 2. The van der Waals surface area contributed by atoms with E-state index >= 15 is 0 Å². The zero-order valence-electron chi connectivity index (χ0n) is 11.1. The van der Waals surface area contributed by atoms with Gasteiger partial charge in [0.05, 0.1) is 11.6 Å². The number of halogens is 3. The molecule has 0 bridgehead atoms. The normalized spacial score (nSPS) is 16.8. The van der Waals surface area contributed by atoms with Crippen LogP contribution in [-0.2, 0) is 12.6 Å². The molecule has 0 saturated heterocycles. The molecule has 1 aliphatic carbocycles. The van der Waals surface area contributed by atoms with Crippen molar-refractivity contribution < 1.29 is 13.2 Å². The maximum Gasteiger partial charge on any atom is 0.416 e. The molecule has 106 valence electrons. The van der Waals surface area contributed by atoms with Crippen molar-refractivity contribution in [3.63, 3.8) is 0 Å². The first-order valence-electron chi connectivity index (χ1n) is 6.65. The third kappa shape index (κ3) is 2.40. The molecule has 0 heterocycles. The average molecular weight is 287 g/mol. The van der Waals surface area contributed by atoms with Gasteiger partial charge >= 0.3 is 6.18 Å². The van der Waals surface area contributed by atoms with Gasteiger partial charge in [0.1, 0.15) is 0 Å². The van der Waals surface area contributed by atoms with Gasteiger partial charge in [-0.1, -0.05) is 30.3 Å². The SMILES string of the molecule is N#CC[C@@H]1c2ccccc2Cc2ccc(C(F)(F)F)cc21. The second kappa shape index (κ2) is 4.92. The standard InChI is InChI=1S/C17H12F3N/c18-17(19,20)13-6-5-12-9-11-3-1-2-4-14(11)15(7-8-21)16(12)10-13/h1-6,10,15H,7,9H2/t15-/m1/s1. The van der Waals surface area contributed by atoms with Crippen molar-refractivity contribution in [2.75, 3.05) is 0 Å². The van der Waals surface area contributed by atoms with Gasteiger partial charge in [-0.15, -0.1) is 0 Å². The molecule has 2 aromatic rings. The summed E-state index contributed by atoms with van der Waals surface area (Å²) in [5, 5.41) is 9.03.